The molecule has 1 aromatic heterocycles. The van der Waals surface area contributed by atoms with E-state index in [2.05, 4.69) is 4.98 Å². The van der Waals surface area contributed by atoms with E-state index in [9.17, 15) is 4.39 Å². The largest absolute Gasteiger partial charge is 0.497 e. The van der Waals surface area contributed by atoms with Gasteiger partial charge in [-0.3, -0.25) is 4.57 Å². The van der Waals surface area contributed by atoms with E-state index in [-0.39, 0.29) is 11.7 Å². The zero-order valence-corrected chi connectivity index (χ0v) is 14.0. The molecule has 0 bridgehead atoms. The molecule has 0 amide bonds. The predicted molar refractivity (Wildman–Crippen MR) is 89.9 cm³/mol. The number of halogens is 3. The van der Waals surface area contributed by atoms with Crippen molar-refractivity contribution in [2.75, 3.05) is 7.11 Å². The molecule has 3 rings (SSSR count). The Bertz CT molecular complexity index is 802. The third-order valence-corrected chi connectivity index (χ3v) is 4.28. The van der Waals surface area contributed by atoms with Gasteiger partial charge in [0.1, 0.15) is 17.4 Å². The minimum Gasteiger partial charge on any atom is -0.497 e. The summed E-state index contributed by atoms with van der Waals surface area (Å²) in [5, 5.41) is 0. The second-order valence-electron chi connectivity index (χ2n) is 4.45. The summed E-state index contributed by atoms with van der Waals surface area (Å²) in [6, 6.07) is 10.7. The maximum Gasteiger partial charge on any atom is 0.138 e. The van der Waals surface area contributed by atoms with Crippen molar-refractivity contribution in [1.29, 1.82) is 0 Å². The highest BCUT2D eigenvalue weighted by atomic mass is 127. The van der Waals surface area contributed by atoms with Crippen molar-refractivity contribution < 1.29 is 9.13 Å². The molecule has 2 aromatic carbocycles. The van der Waals surface area contributed by atoms with Gasteiger partial charge in [0.25, 0.3) is 0 Å². The summed E-state index contributed by atoms with van der Waals surface area (Å²) in [5.74, 6) is 1.42. The highest BCUT2D eigenvalue weighted by Crippen LogP contribution is 2.27. The van der Waals surface area contributed by atoms with E-state index < -0.39 is 0 Å². The molecular formula is C15H11ClFIN2O. The number of nitrogens with zero attached hydrogens (tertiary/aromatic N) is 2. The van der Waals surface area contributed by atoms with Crippen molar-refractivity contribution in [3.05, 3.63) is 51.6 Å². The molecule has 0 saturated heterocycles. The smallest absolute Gasteiger partial charge is 0.138 e. The second kappa shape index (κ2) is 5.81. The predicted octanol–water partition coefficient (Wildman–Crippen LogP) is 4.52. The quantitative estimate of drug-likeness (QED) is 0.464. The Kier molecular flexibility index (Phi) is 4.03. The fraction of sp³-hybridized carbons (Fsp3) is 0.133. The highest BCUT2D eigenvalue weighted by molar-refractivity contribution is 14.1. The van der Waals surface area contributed by atoms with Crippen LogP contribution in [0.1, 0.15) is 5.82 Å². The first kappa shape index (κ1) is 14.6. The van der Waals surface area contributed by atoms with Gasteiger partial charge in [-0.2, -0.15) is 0 Å². The Balaban J connectivity index is 2.25. The lowest BCUT2D eigenvalue weighted by Gasteiger charge is -2.09. The first-order chi connectivity index (χ1) is 10.1. The molecule has 0 N–H and O–H groups in total. The lowest BCUT2D eigenvalue weighted by atomic mass is 10.2. The number of imidazole rings is 1. The van der Waals surface area contributed by atoms with Crippen LogP contribution in [-0.4, -0.2) is 16.7 Å². The average Bonchev–Trinajstić information content (AvgIpc) is 2.85. The molecule has 0 aliphatic heterocycles. The summed E-state index contributed by atoms with van der Waals surface area (Å²) in [7, 11) is 1.61. The summed E-state index contributed by atoms with van der Waals surface area (Å²) in [6.07, 6.45) is 0. The molecule has 0 spiro atoms. The van der Waals surface area contributed by atoms with Crippen LogP contribution in [0.15, 0.2) is 36.4 Å². The lowest BCUT2D eigenvalue weighted by Crippen LogP contribution is -1.99. The van der Waals surface area contributed by atoms with Crippen LogP contribution in [0.4, 0.5) is 4.39 Å². The fourth-order valence-electron chi connectivity index (χ4n) is 2.23. The molecule has 0 atom stereocenters. The zero-order chi connectivity index (χ0) is 15.0. The zero-order valence-electron chi connectivity index (χ0n) is 11.1. The topological polar surface area (TPSA) is 27.1 Å². The standard InChI is InChI=1S/C15H11ClFIN2O/c1-21-10-4-2-9(3-5-10)20-14-6-11(17)12(18)7-13(14)19-15(20)8-16/h2-7H,8H2,1H3. The van der Waals surface area contributed by atoms with E-state index in [1.54, 1.807) is 13.2 Å². The van der Waals surface area contributed by atoms with Gasteiger partial charge in [0, 0.05) is 11.8 Å². The number of hydrogen-bond acceptors (Lipinski definition) is 2. The Morgan fingerprint density at radius 1 is 1.29 bits per heavy atom. The van der Waals surface area contributed by atoms with Crippen molar-refractivity contribution in [3.63, 3.8) is 0 Å². The van der Waals surface area contributed by atoms with Gasteiger partial charge < -0.3 is 4.74 Å². The summed E-state index contributed by atoms with van der Waals surface area (Å²) in [6.45, 7) is 0. The van der Waals surface area contributed by atoms with Crippen LogP contribution in [0.25, 0.3) is 16.7 Å². The Morgan fingerprint density at radius 2 is 2.00 bits per heavy atom. The molecule has 3 nitrogen and oxygen atoms in total. The summed E-state index contributed by atoms with van der Waals surface area (Å²) in [5.41, 5.74) is 2.30. The minimum atomic E-state index is -0.265. The summed E-state index contributed by atoms with van der Waals surface area (Å²) < 4.78 is 21.4. The van der Waals surface area contributed by atoms with Gasteiger partial charge in [0.15, 0.2) is 0 Å². The number of fused-ring (bicyclic) bond motifs is 1. The number of methoxy groups -OCH3 is 1. The molecule has 3 aromatic rings. The van der Waals surface area contributed by atoms with Crippen LogP contribution in [-0.2, 0) is 5.88 Å². The van der Waals surface area contributed by atoms with Crippen LogP contribution < -0.4 is 4.74 Å². The Labute approximate surface area is 139 Å². The number of hydrogen-bond donors (Lipinski definition) is 0. The molecule has 0 saturated carbocycles. The molecule has 108 valence electrons. The number of aromatic nitrogens is 2. The number of alkyl halides is 1. The first-order valence-electron chi connectivity index (χ1n) is 6.21. The second-order valence-corrected chi connectivity index (χ2v) is 5.88. The van der Waals surface area contributed by atoms with Crippen molar-refractivity contribution in [3.8, 4) is 11.4 Å². The van der Waals surface area contributed by atoms with Gasteiger partial charge >= 0.3 is 0 Å². The van der Waals surface area contributed by atoms with Gasteiger partial charge in [-0.15, -0.1) is 11.6 Å². The number of rotatable bonds is 3. The molecule has 0 aliphatic rings. The third-order valence-electron chi connectivity index (χ3n) is 3.22. The Morgan fingerprint density at radius 3 is 2.62 bits per heavy atom. The third kappa shape index (κ3) is 2.60. The monoisotopic (exact) mass is 416 g/mol. The number of ether oxygens (including phenoxy) is 1. The van der Waals surface area contributed by atoms with E-state index in [4.69, 9.17) is 16.3 Å². The summed E-state index contributed by atoms with van der Waals surface area (Å²) in [4.78, 5) is 4.48. The van der Waals surface area contributed by atoms with Crippen molar-refractivity contribution in [1.82, 2.24) is 9.55 Å². The maximum absolute atomic E-state index is 13.9. The minimum absolute atomic E-state index is 0.249. The first-order valence-corrected chi connectivity index (χ1v) is 7.82. The van der Waals surface area contributed by atoms with Crippen molar-refractivity contribution >= 4 is 45.2 Å². The van der Waals surface area contributed by atoms with Crippen LogP contribution in [0.2, 0.25) is 0 Å². The van der Waals surface area contributed by atoms with E-state index in [1.807, 2.05) is 51.4 Å². The van der Waals surface area contributed by atoms with E-state index in [0.29, 0.717) is 14.9 Å². The molecule has 6 heteroatoms. The molecular weight excluding hydrogens is 406 g/mol. The molecule has 0 radical (unpaired) electrons. The van der Waals surface area contributed by atoms with Gasteiger partial charge in [-0.1, -0.05) is 0 Å². The average molecular weight is 417 g/mol. The molecule has 0 unspecified atom stereocenters. The normalized spacial score (nSPS) is 11.0. The van der Waals surface area contributed by atoms with Gasteiger partial charge in [-0.05, 0) is 52.9 Å². The van der Waals surface area contributed by atoms with Crippen molar-refractivity contribution in [2.24, 2.45) is 0 Å². The molecule has 21 heavy (non-hydrogen) atoms. The van der Waals surface area contributed by atoms with Gasteiger partial charge in [0.05, 0.1) is 27.6 Å². The van der Waals surface area contributed by atoms with Crippen LogP contribution in [0.3, 0.4) is 0 Å². The van der Waals surface area contributed by atoms with Crippen LogP contribution in [0.5, 0.6) is 5.75 Å². The van der Waals surface area contributed by atoms with Crippen molar-refractivity contribution in [2.45, 2.75) is 5.88 Å². The molecule has 0 aliphatic carbocycles. The molecule has 1 heterocycles. The van der Waals surface area contributed by atoms with Crippen LogP contribution in [0, 0.1) is 9.39 Å². The van der Waals surface area contributed by atoms with Gasteiger partial charge in [-0.25, -0.2) is 9.37 Å². The summed E-state index contributed by atoms with van der Waals surface area (Å²) >= 11 is 7.94. The SMILES string of the molecule is COc1ccc(-n2c(CCl)nc3cc(I)c(F)cc32)cc1. The maximum atomic E-state index is 13.9. The number of benzene rings is 2. The van der Waals surface area contributed by atoms with Gasteiger partial charge in [0.2, 0.25) is 0 Å². The fourth-order valence-corrected chi connectivity index (χ4v) is 2.86. The van der Waals surface area contributed by atoms with E-state index >= 15 is 0 Å². The Hall–Kier alpha value is -1.34. The lowest BCUT2D eigenvalue weighted by molar-refractivity contribution is 0.414. The molecule has 0 fully saturated rings. The van der Waals surface area contributed by atoms with Crippen LogP contribution >= 0.6 is 34.2 Å². The van der Waals surface area contributed by atoms with E-state index in [0.717, 1.165) is 17.0 Å². The van der Waals surface area contributed by atoms with E-state index in [1.165, 1.54) is 6.07 Å². The highest BCUT2D eigenvalue weighted by Gasteiger charge is 2.14.